The topological polar surface area (TPSA) is 120 Å². The van der Waals surface area contributed by atoms with E-state index < -0.39 is 20.2 Å². The molecular weight excluding hydrogens is 506 g/mol. The fraction of sp³-hybridized carbons (Fsp3) is 0.696. The van der Waals surface area contributed by atoms with E-state index in [1.807, 2.05) is 13.1 Å². The van der Waals surface area contributed by atoms with Crippen LogP contribution in [0.5, 0.6) is 0 Å². The van der Waals surface area contributed by atoms with E-state index in [9.17, 15) is 17.8 Å². The Labute approximate surface area is 214 Å². The average Bonchev–Trinajstić information content (AvgIpc) is 3.47. The van der Waals surface area contributed by atoms with Gasteiger partial charge in [0.15, 0.2) is 5.65 Å². The maximum atomic E-state index is 12.9. The minimum Gasteiger partial charge on any atom is -0.605 e. The van der Waals surface area contributed by atoms with Crippen LogP contribution in [0.2, 0.25) is 0 Å². The number of fused-ring (bicyclic) bond motifs is 1. The summed E-state index contributed by atoms with van der Waals surface area (Å²) >= 11 is 0. The lowest BCUT2D eigenvalue weighted by Gasteiger charge is -2.35. The minimum atomic E-state index is -3.19. The summed E-state index contributed by atoms with van der Waals surface area (Å²) in [6.07, 6.45) is 11.1. The van der Waals surface area contributed by atoms with E-state index in [2.05, 4.69) is 19.6 Å². The normalized spacial score (nSPS) is 25.2. The maximum absolute atomic E-state index is 12.9. The van der Waals surface area contributed by atoms with Crippen molar-refractivity contribution >= 4 is 53.8 Å². The van der Waals surface area contributed by atoms with Gasteiger partial charge in [0.2, 0.25) is 15.9 Å². The molecule has 0 aromatic carbocycles. The molecule has 9 nitrogen and oxygen atoms in total. The van der Waals surface area contributed by atoms with Crippen molar-refractivity contribution in [1.29, 1.82) is 0 Å². The third-order valence-corrected chi connectivity index (χ3v) is 12.2. The predicted molar refractivity (Wildman–Crippen MR) is 143 cm³/mol. The lowest BCUT2D eigenvalue weighted by molar-refractivity contribution is 0.0903. The molecule has 1 aliphatic heterocycles. The van der Waals surface area contributed by atoms with Crippen LogP contribution in [0.15, 0.2) is 18.6 Å². The molecule has 2 fully saturated rings. The van der Waals surface area contributed by atoms with E-state index >= 15 is 0 Å². The van der Waals surface area contributed by atoms with Gasteiger partial charge >= 0.3 is 0 Å². The number of unbranched alkanes of at least 4 members (excludes halogenated alkanes) is 1. The molecule has 4 rings (SSSR count). The number of anilines is 1. The van der Waals surface area contributed by atoms with E-state index in [0.29, 0.717) is 17.3 Å². The molecule has 194 valence electrons. The third kappa shape index (κ3) is 6.71. The SMILES string of the molecule is CNS(=O)(=O)CC1CCC(N(C)c2ncnc3c2ccn3C(=O)CCCC[C@@H]2CC[S+]([O-])S2)CC1. The summed E-state index contributed by atoms with van der Waals surface area (Å²) in [6.45, 7) is 0. The third-order valence-electron chi connectivity index (χ3n) is 7.21. The molecule has 0 spiro atoms. The maximum Gasteiger partial charge on any atom is 0.232 e. The number of rotatable bonds is 10. The summed E-state index contributed by atoms with van der Waals surface area (Å²) < 4.78 is 39.3. The van der Waals surface area contributed by atoms with Crippen LogP contribution < -0.4 is 9.62 Å². The second-order valence-electron chi connectivity index (χ2n) is 9.55. The van der Waals surface area contributed by atoms with Crippen molar-refractivity contribution in [3.8, 4) is 0 Å². The van der Waals surface area contributed by atoms with E-state index in [1.54, 1.807) is 21.6 Å². The summed E-state index contributed by atoms with van der Waals surface area (Å²) in [5.41, 5.74) is 0.627. The van der Waals surface area contributed by atoms with Gasteiger partial charge in [-0.2, -0.15) is 0 Å². The van der Waals surface area contributed by atoms with Gasteiger partial charge in [-0.1, -0.05) is 6.42 Å². The molecule has 2 aromatic rings. The smallest absolute Gasteiger partial charge is 0.232 e. The first kappa shape index (κ1) is 26.7. The number of sulfonamides is 1. The van der Waals surface area contributed by atoms with Gasteiger partial charge in [0, 0.05) is 42.3 Å². The molecule has 1 unspecified atom stereocenters. The molecule has 1 saturated heterocycles. The molecule has 1 saturated carbocycles. The number of hydrogen-bond donors (Lipinski definition) is 1. The van der Waals surface area contributed by atoms with Crippen molar-refractivity contribution in [3.05, 3.63) is 18.6 Å². The number of carbonyl (C=O) groups excluding carboxylic acids is 1. The molecule has 0 amide bonds. The van der Waals surface area contributed by atoms with E-state index in [0.717, 1.165) is 68.3 Å². The fourth-order valence-corrected chi connectivity index (χ4v) is 9.81. The fourth-order valence-electron chi connectivity index (χ4n) is 5.12. The van der Waals surface area contributed by atoms with E-state index in [-0.39, 0.29) is 23.6 Å². The highest BCUT2D eigenvalue weighted by molar-refractivity contribution is 8.72. The van der Waals surface area contributed by atoms with Crippen LogP contribution in [0.1, 0.15) is 62.6 Å². The van der Waals surface area contributed by atoms with Crippen LogP contribution in [0.25, 0.3) is 11.0 Å². The summed E-state index contributed by atoms with van der Waals surface area (Å²) in [4.78, 5) is 24.0. The number of carbonyl (C=O) groups is 1. The molecule has 2 atom stereocenters. The Balaban J connectivity index is 1.34. The monoisotopic (exact) mass is 541 g/mol. The molecule has 1 aliphatic carbocycles. The van der Waals surface area contributed by atoms with Crippen molar-refractivity contribution in [3.63, 3.8) is 0 Å². The minimum absolute atomic E-state index is 0.0289. The highest BCUT2D eigenvalue weighted by Gasteiger charge is 2.29. The lowest BCUT2D eigenvalue weighted by Crippen LogP contribution is -2.38. The summed E-state index contributed by atoms with van der Waals surface area (Å²) in [7, 11) is 1.14. The van der Waals surface area contributed by atoms with Gasteiger partial charge in [-0.25, -0.2) is 23.1 Å². The van der Waals surface area contributed by atoms with Crippen molar-refractivity contribution in [1.82, 2.24) is 19.3 Å². The molecule has 0 radical (unpaired) electrons. The van der Waals surface area contributed by atoms with Crippen LogP contribution in [0.4, 0.5) is 5.82 Å². The van der Waals surface area contributed by atoms with Crippen molar-refractivity contribution < 1.29 is 17.8 Å². The highest BCUT2D eigenvalue weighted by Crippen LogP contribution is 2.35. The first-order valence-electron chi connectivity index (χ1n) is 12.3. The van der Waals surface area contributed by atoms with Crippen molar-refractivity contribution in [2.24, 2.45) is 5.92 Å². The predicted octanol–water partition coefficient (Wildman–Crippen LogP) is 3.35. The Hall–Kier alpha value is -1.34. The number of nitrogens with one attached hydrogen (secondary N) is 1. The largest absolute Gasteiger partial charge is 0.605 e. The zero-order chi connectivity index (χ0) is 25.0. The number of aromatic nitrogens is 3. The molecule has 35 heavy (non-hydrogen) atoms. The lowest BCUT2D eigenvalue weighted by atomic mass is 9.86. The van der Waals surface area contributed by atoms with Crippen LogP contribution in [0.3, 0.4) is 0 Å². The molecule has 2 aliphatic rings. The molecular formula is C23H35N5O4S3. The molecule has 0 bridgehead atoms. The quantitative estimate of drug-likeness (QED) is 0.276. The van der Waals surface area contributed by atoms with Crippen LogP contribution in [0, 0.1) is 5.92 Å². The van der Waals surface area contributed by atoms with E-state index in [4.69, 9.17) is 0 Å². The van der Waals surface area contributed by atoms with Gasteiger partial charge in [0.25, 0.3) is 0 Å². The summed E-state index contributed by atoms with van der Waals surface area (Å²) in [5.74, 6) is 1.98. The van der Waals surface area contributed by atoms with Gasteiger partial charge in [0.1, 0.15) is 17.9 Å². The Kier molecular flexibility index (Phi) is 9.01. The average molecular weight is 542 g/mol. The second-order valence-corrected chi connectivity index (χ2v) is 15.1. The number of hydrogen-bond acceptors (Lipinski definition) is 8. The van der Waals surface area contributed by atoms with Gasteiger partial charge < -0.3 is 9.45 Å². The molecule has 3 heterocycles. The zero-order valence-corrected chi connectivity index (χ0v) is 22.8. The van der Waals surface area contributed by atoms with Crippen LogP contribution >= 0.6 is 10.8 Å². The Morgan fingerprint density at radius 2 is 2.03 bits per heavy atom. The van der Waals surface area contributed by atoms with Gasteiger partial charge in [-0.05, 0) is 57.6 Å². The Bertz CT molecular complexity index is 1120. The Morgan fingerprint density at radius 3 is 2.71 bits per heavy atom. The first-order valence-corrected chi connectivity index (χ1v) is 16.7. The van der Waals surface area contributed by atoms with Gasteiger partial charge in [-0.3, -0.25) is 9.36 Å². The standard InChI is InChI=1S/C23H35N5O4S3/c1-24-35(31,32)15-17-7-9-18(10-8-17)27(2)22-20-11-13-28(23(20)26-16-25-22)21(29)6-4-3-5-19-12-14-34(30)33-19/h11,13,16-19,24H,3-10,12,14-15H2,1-2H3/t17?,18?,19-,34?/m1/s1. The second kappa shape index (κ2) is 11.8. The molecule has 12 heteroatoms. The zero-order valence-electron chi connectivity index (χ0n) is 20.4. The van der Waals surface area contributed by atoms with E-state index in [1.165, 1.54) is 13.4 Å². The highest BCUT2D eigenvalue weighted by atomic mass is 33.1. The van der Waals surface area contributed by atoms with Gasteiger partial charge in [0.05, 0.1) is 27.2 Å². The summed E-state index contributed by atoms with van der Waals surface area (Å²) in [5, 5.41) is 1.32. The molecule has 1 N–H and O–H groups in total. The number of nitrogens with zero attached hydrogens (tertiary/aromatic N) is 4. The van der Waals surface area contributed by atoms with Crippen molar-refractivity contribution in [2.75, 3.05) is 30.5 Å². The van der Waals surface area contributed by atoms with Gasteiger partial charge in [-0.15, -0.1) is 0 Å². The molecule has 2 aromatic heterocycles. The Morgan fingerprint density at radius 1 is 1.26 bits per heavy atom. The van der Waals surface area contributed by atoms with Crippen LogP contribution in [-0.4, -0.2) is 70.3 Å². The first-order chi connectivity index (χ1) is 16.8. The summed E-state index contributed by atoms with van der Waals surface area (Å²) in [6, 6.07) is 2.18. The van der Waals surface area contributed by atoms with Crippen LogP contribution in [-0.2, 0) is 20.2 Å². The van der Waals surface area contributed by atoms with Crippen molar-refractivity contribution in [2.45, 2.75) is 69.1 Å².